The Morgan fingerprint density at radius 2 is 1.29 bits per heavy atom. The summed E-state index contributed by atoms with van der Waals surface area (Å²) in [5.74, 6) is 2.49. The fourth-order valence-corrected chi connectivity index (χ4v) is 2.79. The van der Waals surface area contributed by atoms with E-state index >= 15 is 0 Å². The van der Waals surface area contributed by atoms with Crippen molar-refractivity contribution in [1.82, 2.24) is 0 Å². The van der Waals surface area contributed by atoms with Gasteiger partial charge >= 0.3 is 0 Å². The highest BCUT2D eigenvalue weighted by Crippen LogP contribution is 2.40. The molecule has 0 aliphatic rings. The molecule has 0 aromatic heterocycles. The third kappa shape index (κ3) is 3.06. The Bertz CT molecular complexity index is 823. The van der Waals surface area contributed by atoms with Gasteiger partial charge in [0.05, 0.1) is 21.3 Å². The minimum atomic E-state index is 0.819. The van der Waals surface area contributed by atoms with Gasteiger partial charge in [0.15, 0.2) is 0 Å². The number of rotatable bonds is 5. The molecule has 3 nitrogen and oxygen atoms in total. The highest BCUT2D eigenvalue weighted by atomic mass is 16.5. The zero-order chi connectivity index (χ0) is 16.9. The van der Waals surface area contributed by atoms with Gasteiger partial charge < -0.3 is 14.2 Å². The van der Waals surface area contributed by atoms with Crippen molar-refractivity contribution in [3.8, 4) is 39.5 Å². The van der Waals surface area contributed by atoms with E-state index in [0.717, 1.165) is 39.5 Å². The van der Waals surface area contributed by atoms with Crippen LogP contribution in [0.2, 0.25) is 0 Å². The molecule has 3 aromatic carbocycles. The lowest BCUT2D eigenvalue weighted by atomic mass is 9.93. The van der Waals surface area contributed by atoms with E-state index in [4.69, 9.17) is 14.2 Å². The Morgan fingerprint density at radius 1 is 0.583 bits per heavy atom. The maximum atomic E-state index is 5.61. The lowest BCUT2D eigenvalue weighted by Crippen LogP contribution is -1.92. The largest absolute Gasteiger partial charge is 0.497 e. The fourth-order valence-electron chi connectivity index (χ4n) is 2.79. The van der Waals surface area contributed by atoms with Crippen molar-refractivity contribution in [2.45, 2.75) is 0 Å². The Labute approximate surface area is 142 Å². The van der Waals surface area contributed by atoms with Crippen LogP contribution < -0.4 is 14.2 Å². The molecule has 0 spiro atoms. The summed E-state index contributed by atoms with van der Waals surface area (Å²) in [5.41, 5.74) is 4.31. The summed E-state index contributed by atoms with van der Waals surface area (Å²) >= 11 is 0. The smallest absolute Gasteiger partial charge is 0.127 e. The van der Waals surface area contributed by atoms with Crippen molar-refractivity contribution in [3.05, 3.63) is 66.7 Å². The van der Waals surface area contributed by atoms with E-state index in [1.807, 2.05) is 42.5 Å². The average Bonchev–Trinajstić information content (AvgIpc) is 2.67. The molecule has 3 rings (SSSR count). The van der Waals surface area contributed by atoms with Gasteiger partial charge in [-0.2, -0.15) is 0 Å². The standard InChI is InChI=1S/C21H20O3/c1-22-17-12-10-15(11-13-17)19-8-5-9-20(24-3)21(19)16-6-4-7-18(14-16)23-2/h4-14H,1-3H3. The van der Waals surface area contributed by atoms with Crippen LogP contribution >= 0.6 is 0 Å². The van der Waals surface area contributed by atoms with Crippen LogP contribution in [0, 0.1) is 0 Å². The number of hydrogen-bond acceptors (Lipinski definition) is 3. The first-order valence-corrected chi connectivity index (χ1v) is 7.72. The molecule has 0 unspecified atom stereocenters. The third-order valence-electron chi connectivity index (χ3n) is 4.01. The Balaban J connectivity index is 2.19. The van der Waals surface area contributed by atoms with Crippen LogP contribution in [0.15, 0.2) is 66.7 Å². The summed E-state index contributed by atoms with van der Waals surface area (Å²) in [7, 11) is 5.03. The van der Waals surface area contributed by atoms with Gasteiger partial charge in [0.2, 0.25) is 0 Å². The molecular formula is C21H20O3. The first-order chi connectivity index (χ1) is 11.8. The van der Waals surface area contributed by atoms with Gasteiger partial charge in [0, 0.05) is 5.56 Å². The second-order valence-corrected chi connectivity index (χ2v) is 5.34. The third-order valence-corrected chi connectivity index (χ3v) is 4.01. The maximum absolute atomic E-state index is 5.61. The number of ether oxygens (including phenoxy) is 3. The normalized spacial score (nSPS) is 10.3. The topological polar surface area (TPSA) is 27.7 Å². The van der Waals surface area contributed by atoms with E-state index in [1.165, 1.54) is 0 Å². The SMILES string of the molecule is COc1ccc(-c2cccc(OC)c2-c2cccc(OC)c2)cc1. The van der Waals surface area contributed by atoms with E-state index in [2.05, 4.69) is 24.3 Å². The average molecular weight is 320 g/mol. The molecule has 3 aromatic rings. The second-order valence-electron chi connectivity index (χ2n) is 5.34. The predicted octanol–water partition coefficient (Wildman–Crippen LogP) is 5.05. The molecule has 0 saturated heterocycles. The van der Waals surface area contributed by atoms with Gasteiger partial charge in [-0.25, -0.2) is 0 Å². The molecule has 0 saturated carbocycles. The Morgan fingerprint density at radius 3 is 1.96 bits per heavy atom. The van der Waals surface area contributed by atoms with Crippen molar-refractivity contribution >= 4 is 0 Å². The molecule has 24 heavy (non-hydrogen) atoms. The van der Waals surface area contributed by atoms with Gasteiger partial charge in [-0.05, 0) is 47.0 Å². The van der Waals surface area contributed by atoms with E-state index in [9.17, 15) is 0 Å². The molecular weight excluding hydrogens is 300 g/mol. The lowest BCUT2D eigenvalue weighted by molar-refractivity contribution is 0.414. The summed E-state index contributed by atoms with van der Waals surface area (Å²) in [4.78, 5) is 0. The zero-order valence-corrected chi connectivity index (χ0v) is 14.1. The summed E-state index contributed by atoms with van der Waals surface area (Å²) in [6.45, 7) is 0. The van der Waals surface area contributed by atoms with E-state index in [1.54, 1.807) is 21.3 Å². The van der Waals surface area contributed by atoms with Gasteiger partial charge in [0.25, 0.3) is 0 Å². The van der Waals surface area contributed by atoms with E-state index in [0.29, 0.717) is 0 Å². The first kappa shape index (κ1) is 15.9. The summed E-state index contributed by atoms with van der Waals surface area (Å²) in [5, 5.41) is 0. The molecule has 122 valence electrons. The number of benzene rings is 3. The van der Waals surface area contributed by atoms with E-state index < -0.39 is 0 Å². The van der Waals surface area contributed by atoms with Crippen molar-refractivity contribution in [3.63, 3.8) is 0 Å². The molecule has 3 heteroatoms. The minimum absolute atomic E-state index is 0.819. The van der Waals surface area contributed by atoms with Crippen LogP contribution in [0.1, 0.15) is 0 Å². The molecule has 0 N–H and O–H groups in total. The predicted molar refractivity (Wildman–Crippen MR) is 97.0 cm³/mol. The van der Waals surface area contributed by atoms with Crippen LogP contribution in [0.4, 0.5) is 0 Å². The molecule has 0 aliphatic carbocycles. The molecule has 0 amide bonds. The van der Waals surface area contributed by atoms with Crippen molar-refractivity contribution < 1.29 is 14.2 Å². The van der Waals surface area contributed by atoms with Crippen LogP contribution in [-0.2, 0) is 0 Å². The monoisotopic (exact) mass is 320 g/mol. The quantitative estimate of drug-likeness (QED) is 0.658. The molecule has 0 fully saturated rings. The van der Waals surface area contributed by atoms with Gasteiger partial charge in [-0.1, -0.05) is 36.4 Å². The van der Waals surface area contributed by atoms with Crippen molar-refractivity contribution in [2.75, 3.05) is 21.3 Å². The van der Waals surface area contributed by atoms with Crippen LogP contribution in [-0.4, -0.2) is 21.3 Å². The highest BCUT2D eigenvalue weighted by Gasteiger charge is 2.13. The number of methoxy groups -OCH3 is 3. The summed E-state index contributed by atoms with van der Waals surface area (Å²) in [6.07, 6.45) is 0. The minimum Gasteiger partial charge on any atom is -0.497 e. The summed E-state index contributed by atoms with van der Waals surface area (Å²) < 4.78 is 16.2. The number of hydrogen-bond donors (Lipinski definition) is 0. The van der Waals surface area contributed by atoms with Crippen LogP contribution in [0.3, 0.4) is 0 Å². The van der Waals surface area contributed by atoms with E-state index in [-0.39, 0.29) is 0 Å². The second kappa shape index (κ2) is 7.09. The lowest BCUT2D eigenvalue weighted by Gasteiger charge is -2.15. The maximum Gasteiger partial charge on any atom is 0.127 e. The molecule has 0 aliphatic heterocycles. The van der Waals surface area contributed by atoms with Crippen molar-refractivity contribution in [1.29, 1.82) is 0 Å². The highest BCUT2D eigenvalue weighted by molar-refractivity contribution is 5.88. The zero-order valence-electron chi connectivity index (χ0n) is 14.1. The van der Waals surface area contributed by atoms with Crippen LogP contribution in [0.5, 0.6) is 17.2 Å². The summed E-state index contributed by atoms with van der Waals surface area (Å²) in [6, 6.07) is 22.1. The Hall–Kier alpha value is -2.94. The molecule has 0 atom stereocenters. The van der Waals surface area contributed by atoms with Crippen molar-refractivity contribution in [2.24, 2.45) is 0 Å². The van der Waals surface area contributed by atoms with Gasteiger partial charge in [-0.3, -0.25) is 0 Å². The molecule has 0 heterocycles. The van der Waals surface area contributed by atoms with Crippen LogP contribution in [0.25, 0.3) is 22.3 Å². The van der Waals surface area contributed by atoms with Gasteiger partial charge in [-0.15, -0.1) is 0 Å². The molecule has 0 bridgehead atoms. The molecule has 0 radical (unpaired) electrons. The fraction of sp³-hybridized carbons (Fsp3) is 0.143. The first-order valence-electron chi connectivity index (χ1n) is 7.72. The van der Waals surface area contributed by atoms with Gasteiger partial charge in [0.1, 0.15) is 17.2 Å². The Kier molecular flexibility index (Phi) is 4.71.